The Hall–Kier alpha value is -1.70. The first kappa shape index (κ1) is 20.3. The molecule has 0 fully saturated rings. The summed E-state index contributed by atoms with van der Waals surface area (Å²) in [6.45, 7) is 1.42. The van der Waals surface area contributed by atoms with Crippen LogP contribution in [0.4, 0.5) is 5.69 Å². The third-order valence-corrected chi connectivity index (χ3v) is 2.81. The molecule has 0 atom stereocenters. The minimum atomic E-state index is -0.426. The van der Waals surface area contributed by atoms with Gasteiger partial charge in [0.15, 0.2) is 0 Å². The molecule has 1 aromatic carbocycles. The van der Waals surface area contributed by atoms with Gasteiger partial charge >= 0.3 is 0 Å². The Kier molecular flexibility index (Phi) is 11.0. The molecule has 0 aliphatic heterocycles. The number of nitrogens with zero attached hydrogens (tertiary/aromatic N) is 2. The predicted octanol–water partition coefficient (Wildman–Crippen LogP) is 2.51. The normalized spacial score (nSPS) is 10.9. The van der Waals surface area contributed by atoms with E-state index in [1.807, 2.05) is 0 Å². The van der Waals surface area contributed by atoms with Crippen molar-refractivity contribution in [3.63, 3.8) is 0 Å². The average molecular weight is 332 g/mol. The number of unbranched alkanes of at least 4 members (excludes halogenated alkanes) is 1. The number of ether oxygens (including phenoxy) is 1. The first-order valence-electron chi connectivity index (χ1n) is 6.81. The Morgan fingerprint density at radius 3 is 2.50 bits per heavy atom. The van der Waals surface area contributed by atoms with Crippen molar-refractivity contribution >= 4 is 23.8 Å². The van der Waals surface area contributed by atoms with Crippen molar-refractivity contribution in [3.05, 3.63) is 39.9 Å². The Labute approximate surface area is 136 Å². The number of nitro groups is 1. The van der Waals surface area contributed by atoms with Crippen LogP contribution in [0.15, 0.2) is 29.4 Å². The summed E-state index contributed by atoms with van der Waals surface area (Å²) in [6, 6.07) is 6.28. The maximum atomic E-state index is 10.7. The topological polar surface area (TPSA) is 100.0 Å². The molecular weight excluding hydrogens is 310 g/mol. The zero-order chi connectivity index (χ0) is 15.5. The summed E-state index contributed by atoms with van der Waals surface area (Å²) >= 11 is 0. The number of oxime groups is 1. The van der Waals surface area contributed by atoms with Crippen molar-refractivity contribution in [3.8, 4) is 0 Å². The van der Waals surface area contributed by atoms with Crippen LogP contribution in [0, 0.1) is 10.1 Å². The van der Waals surface area contributed by atoms with Crippen LogP contribution in [0.1, 0.15) is 24.8 Å². The number of benzene rings is 1. The lowest BCUT2D eigenvalue weighted by molar-refractivity contribution is -0.384. The fraction of sp³-hybridized carbons (Fsp3) is 0.500. The van der Waals surface area contributed by atoms with Gasteiger partial charge in [-0.15, -0.1) is 12.4 Å². The van der Waals surface area contributed by atoms with Crippen molar-refractivity contribution in [2.24, 2.45) is 10.9 Å². The fourth-order valence-electron chi connectivity index (χ4n) is 1.73. The summed E-state index contributed by atoms with van der Waals surface area (Å²) in [5.41, 5.74) is 6.99. The van der Waals surface area contributed by atoms with Crippen LogP contribution >= 0.6 is 12.4 Å². The summed E-state index contributed by atoms with van der Waals surface area (Å²) in [7, 11) is 1.66. The van der Waals surface area contributed by atoms with E-state index in [0.29, 0.717) is 26.2 Å². The molecule has 1 aromatic rings. The smallest absolute Gasteiger partial charge is 0.269 e. The quantitative estimate of drug-likeness (QED) is 0.307. The standard InChI is InChI=1S/C14H21N3O4.ClH/c1-20-10-3-2-4-14(16-21-11-9-15)12-5-7-13(8-6-12)17(18)19;/h5-8H,2-4,9-11,15H2,1H3;1H. The van der Waals surface area contributed by atoms with E-state index in [1.165, 1.54) is 12.1 Å². The van der Waals surface area contributed by atoms with Crippen molar-refractivity contribution in [1.29, 1.82) is 0 Å². The second-order valence-electron chi connectivity index (χ2n) is 4.41. The maximum absolute atomic E-state index is 10.7. The summed E-state index contributed by atoms with van der Waals surface area (Å²) in [5.74, 6) is 0. The number of nitrogens with two attached hydrogens (primary N) is 1. The molecule has 0 bridgehead atoms. The molecule has 0 saturated carbocycles. The number of hydrogen-bond donors (Lipinski definition) is 1. The molecule has 0 unspecified atom stereocenters. The van der Waals surface area contributed by atoms with Gasteiger partial charge in [0, 0.05) is 32.4 Å². The zero-order valence-corrected chi connectivity index (χ0v) is 13.4. The van der Waals surface area contributed by atoms with Crippen molar-refractivity contribution in [2.45, 2.75) is 19.3 Å². The van der Waals surface area contributed by atoms with Crippen LogP contribution in [-0.4, -0.2) is 37.5 Å². The summed E-state index contributed by atoms with van der Waals surface area (Å²) in [4.78, 5) is 15.4. The van der Waals surface area contributed by atoms with Gasteiger partial charge in [0.1, 0.15) is 6.61 Å². The Morgan fingerprint density at radius 1 is 1.27 bits per heavy atom. The second-order valence-corrected chi connectivity index (χ2v) is 4.41. The molecule has 0 saturated heterocycles. The van der Waals surface area contributed by atoms with Gasteiger partial charge in [-0.3, -0.25) is 10.1 Å². The van der Waals surface area contributed by atoms with Gasteiger partial charge in [-0.25, -0.2) is 0 Å². The lowest BCUT2D eigenvalue weighted by atomic mass is 10.0. The fourth-order valence-corrected chi connectivity index (χ4v) is 1.73. The highest BCUT2D eigenvalue weighted by molar-refractivity contribution is 6.00. The number of halogens is 1. The number of non-ortho nitro benzene ring substituents is 1. The van der Waals surface area contributed by atoms with Gasteiger partial charge in [-0.2, -0.15) is 0 Å². The highest BCUT2D eigenvalue weighted by atomic mass is 35.5. The van der Waals surface area contributed by atoms with Gasteiger partial charge in [0.25, 0.3) is 5.69 Å². The van der Waals surface area contributed by atoms with Crippen LogP contribution in [0.3, 0.4) is 0 Å². The lowest BCUT2D eigenvalue weighted by Crippen LogP contribution is -2.08. The predicted molar refractivity (Wildman–Crippen MR) is 87.6 cm³/mol. The van der Waals surface area contributed by atoms with E-state index in [0.717, 1.165) is 24.1 Å². The molecule has 2 N–H and O–H groups in total. The summed E-state index contributed by atoms with van der Waals surface area (Å²) in [5, 5.41) is 14.7. The molecule has 0 radical (unpaired) electrons. The molecule has 8 heteroatoms. The van der Waals surface area contributed by atoms with E-state index in [4.69, 9.17) is 15.3 Å². The zero-order valence-electron chi connectivity index (χ0n) is 12.6. The van der Waals surface area contributed by atoms with Gasteiger partial charge in [-0.1, -0.05) is 5.16 Å². The van der Waals surface area contributed by atoms with E-state index in [9.17, 15) is 10.1 Å². The molecule has 0 spiro atoms. The summed E-state index contributed by atoms with van der Waals surface area (Å²) < 4.78 is 5.01. The molecule has 1 rings (SSSR count). The van der Waals surface area contributed by atoms with Crippen LogP contribution < -0.4 is 5.73 Å². The van der Waals surface area contributed by atoms with Crippen LogP contribution in [0.25, 0.3) is 0 Å². The minimum absolute atomic E-state index is 0. The Balaban J connectivity index is 0.00000441. The molecule has 0 amide bonds. The number of nitro benzene ring substituents is 1. The van der Waals surface area contributed by atoms with Gasteiger partial charge in [0.2, 0.25) is 0 Å². The molecular formula is C14H22ClN3O4. The van der Waals surface area contributed by atoms with E-state index in [1.54, 1.807) is 19.2 Å². The van der Waals surface area contributed by atoms with Crippen LogP contribution in [0.5, 0.6) is 0 Å². The summed E-state index contributed by atoms with van der Waals surface area (Å²) in [6.07, 6.45) is 2.53. The third-order valence-electron chi connectivity index (χ3n) is 2.81. The molecule has 124 valence electrons. The first-order valence-corrected chi connectivity index (χ1v) is 6.81. The Bertz CT molecular complexity index is 466. The van der Waals surface area contributed by atoms with E-state index >= 15 is 0 Å². The van der Waals surface area contributed by atoms with Crippen LogP contribution in [-0.2, 0) is 9.57 Å². The highest BCUT2D eigenvalue weighted by Gasteiger charge is 2.09. The molecule has 0 heterocycles. The van der Waals surface area contributed by atoms with Crippen molar-refractivity contribution < 1.29 is 14.5 Å². The molecule has 0 aliphatic rings. The molecule has 0 aliphatic carbocycles. The van der Waals surface area contributed by atoms with E-state index in [2.05, 4.69) is 5.16 Å². The van der Waals surface area contributed by atoms with Crippen molar-refractivity contribution in [2.75, 3.05) is 26.9 Å². The minimum Gasteiger partial charge on any atom is -0.394 e. The van der Waals surface area contributed by atoms with E-state index < -0.39 is 4.92 Å². The number of methoxy groups -OCH3 is 1. The average Bonchev–Trinajstić information content (AvgIpc) is 2.50. The van der Waals surface area contributed by atoms with Gasteiger partial charge in [0.05, 0.1) is 10.6 Å². The lowest BCUT2D eigenvalue weighted by Gasteiger charge is -2.07. The van der Waals surface area contributed by atoms with Crippen LogP contribution in [0.2, 0.25) is 0 Å². The highest BCUT2D eigenvalue weighted by Crippen LogP contribution is 2.15. The Morgan fingerprint density at radius 2 is 1.95 bits per heavy atom. The van der Waals surface area contributed by atoms with Crippen molar-refractivity contribution in [1.82, 2.24) is 0 Å². The molecule has 7 nitrogen and oxygen atoms in total. The number of hydrogen-bond acceptors (Lipinski definition) is 6. The van der Waals surface area contributed by atoms with E-state index in [-0.39, 0.29) is 18.1 Å². The molecule has 0 aromatic heterocycles. The van der Waals surface area contributed by atoms with Gasteiger partial charge in [-0.05, 0) is 37.0 Å². The maximum Gasteiger partial charge on any atom is 0.269 e. The first-order chi connectivity index (χ1) is 10.2. The largest absolute Gasteiger partial charge is 0.394 e. The number of rotatable bonds is 10. The molecule has 22 heavy (non-hydrogen) atoms. The second kappa shape index (κ2) is 11.9. The van der Waals surface area contributed by atoms with Gasteiger partial charge < -0.3 is 15.3 Å². The monoisotopic (exact) mass is 331 g/mol. The third kappa shape index (κ3) is 7.35. The SMILES string of the molecule is COCCCCC(=NOCCN)c1ccc([N+](=O)[O-])cc1.Cl.